The van der Waals surface area contributed by atoms with E-state index in [-0.39, 0.29) is 5.60 Å². The normalized spacial score (nSPS) is 25.7. The second-order valence-electron chi connectivity index (χ2n) is 3.00. The van der Waals surface area contributed by atoms with Crippen LogP contribution < -0.4 is 5.73 Å². The highest BCUT2D eigenvalue weighted by Crippen LogP contribution is 2.40. The summed E-state index contributed by atoms with van der Waals surface area (Å²) >= 11 is 0. The highest BCUT2D eigenvalue weighted by Gasteiger charge is 2.40. The molecule has 1 aliphatic carbocycles. The van der Waals surface area contributed by atoms with Gasteiger partial charge in [0.05, 0.1) is 5.60 Å². The van der Waals surface area contributed by atoms with Crippen molar-refractivity contribution in [1.29, 1.82) is 0 Å². The van der Waals surface area contributed by atoms with Gasteiger partial charge in [-0.25, -0.2) is 0 Å². The minimum absolute atomic E-state index is 0.0278. The fourth-order valence-corrected chi connectivity index (χ4v) is 1.11. The van der Waals surface area contributed by atoms with E-state index in [1.54, 1.807) is 7.11 Å². The SMILES string of the molecule is CO[C@@](C)(CN)C1CC1. The van der Waals surface area contributed by atoms with E-state index in [1.807, 2.05) is 0 Å². The second-order valence-corrected chi connectivity index (χ2v) is 3.00. The van der Waals surface area contributed by atoms with E-state index in [0.717, 1.165) is 5.92 Å². The Morgan fingerprint density at radius 1 is 1.67 bits per heavy atom. The van der Waals surface area contributed by atoms with Crippen LogP contribution in [0, 0.1) is 5.92 Å². The molecule has 0 saturated heterocycles. The maximum Gasteiger partial charge on any atom is 0.0800 e. The van der Waals surface area contributed by atoms with Crippen LogP contribution in [0.4, 0.5) is 0 Å². The Morgan fingerprint density at radius 2 is 2.22 bits per heavy atom. The summed E-state index contributed by atoms with van der Waals surface area (Å²) in [5.41, 5.74) is 5.51. The number of rotatable bonds is 3. The van der Waals surface area contributed by atoms with Gasteiger partial charge in [0, 0.05) is 13.7 Å². The molecule has 0 heterocycles. The first kappa shape index (κ1) is 7.03. The fraction of sp³-hybridized carbons (Fsp3) is 1.00. The van der Waals surface area contributed by atoms with Gasteiger partial charge in [-0.1, -0.05) is 0 Å². The number of hydrogen-bond donors (Lipinski definition) is 1. The summed E-state index contributed by atoms with van der Waals surface area (Å²) in [6, 6.07) is 0. The lowest BCUT2D eigenvalue weighted by atomic mass is 10.0. The van der Waals surface area contributed by atoms with Crippen molar-refractivity contribution in [3.05, 3.63) is 0 Å². The second kappa shape index (κ2) is 2.27. The first-order valence-corrected chi connectivity index (χ1v) is 3.48. The zero-order chi connectivity index (χ0) is 6.91. The molecule has 54 valence electrons. The van der Waals surface area contributed by atoms with Crippen molar-refractivity contribution in [2.45, 2.75) is 25.4 Å². The Balaban J connectivity index is 2.43. The molecule has 0 aromatic carbocycles. The molecule has 1 fully saturated rings. The summed E-state index contributed by atoms with van der Waals surface area (Å²) < 4.78 is 5.29. The van der Waals surface area contributed by atoms with E-state index >= 15 is 0 Å². The summed E-state index contributed by atoms with van der Waals surface area (Å²) in [6.07, 6.45) is 2.59. The van der Waals surface area contributed by atoms with Crippen molar-refractivity contribution in [1.82, 2.24) is 0 Å². The fourth-order valence-electron chi connectivity index (χ4n) is 1.11. The average Bonchev–Trinajstić information content (AvgIpc) is 2.68. The molecule has 0 radical (unpaired) electrons. The van der Waals surface area contributed by atoms with Crippen LogP contribution in [0.15, 0.2) is 0 Å². The minimum atomic E-state index is -0.0278. The van der Waals surface area contributed by atoms with E-state index < -0.39 is 0 Å². The lowest BCUT2D eigenvalue weighted by Crippen LogP contribution is -2.38. The number of nitrogens with two attached hydrogens (primary N) is 1. The molecule has 2 N–H and O–H groups in total. The molecule has 0 spiro atoms. The van der Waals surface area contributed by atoms with Crippen LogP contribution in [0.5, 0.6) is 0 Å². The summed E-state index contributed by atoms with van der Waals surface area (Å²) in [7, 11) is 1.74. The van der Waals surface area contributed by atoms with E-state index in [4.69, 9.17) is 10.5 Å². The van der Waals surface area contributed by atoms with Crippen LogP contribution >= 0.6 is 0 Å². The molecule has 1 saturated carbocycles. The highest BCUT2D eigenvalue weighted by atomic mass is 16.5. The molecule has 2 nitrogen and oxygen atoms in total. The minimum Gasteiger partial charge on any atom is -0.377 e. The maximum atomic E-state index is 5.53. The smallest absolute Gasteiger partial charge is 0.0800 e. The first-order valence-electron chi connectivity index (χ1n) is 3.48. The predicted molar refractivity (Wildman–Crippen MR) is 37.2 cm³/mol. The molecule has 0 aliphatic heterocycles. The van der Waals surface area contributed by atoms with Gasteiger partial charge in [-0.3, -0.25) is 0 Å². The van der Waals surface area contributed by atoms with Crippen molar-refractivity contribution in [2.75, 3.05) is 13.7 Å². The quantitative estimate of drug-likeness (QED) is 0.610. The monoisotopic (exact) mass is 129 g/mol. The van der Waals surface area contributed by atoms with E-state index in [1.165, 1.54) is 12.8 Å². The first-order chi connectivity index (χ1) is 4.23. The van der Waals surface area contributed by atoms with Gasteiger partial charge in [0.15, 0.2) is 0 Å². The molecule has 9 heavy (non-hydrogen) atoms. The number of hydrogen-bond acceptors (Lipinski definition) is 2. The van der Waals surface area contributed by atoms with Crippen LogP contribution in [0.1, 0.15) is 19.8 Å². The molecule has 1 rings (SSSR count). The Labute approximate surface area is 56.4 Å². The average molecular weight is 129 g/mol. The molecular formula is C7H15NO. The summed E-state index contributed by atoms with van der Waals surface area (Å²) in [6.45, 7) is 2.73. The molecule has 0 bridgehead atoms. The largest absolute Gasteiger partial charge is 0.377 e. The maximum absolute atomic E-state index is 5.53. The van der Waals surface area contributed by atoms with Gasteiger partial charge in [0.1, 0.15) is 0 Å². The lowest BCUT2D eigenvalue weighted by Gasteiger charge is -2.25. The highest BCUT2D eigenvalue weighted by molar-refractivity contribution is 4.93. The van der Waals surface area contributed by atoms with Crippen LogP contribution in [-0.4, -0.2) is 19.3 Å². The third-order valence-corrected chi connectivity index (χ3v) is 2.31. The van der Waals surface area contributed by atoms with Gasteiger partial charge in [-0.2, -0.15) is 0 Å². The van der Waals surface area contributed by atoms with Gasteiger partial charge in [-0.05, 0) is 25.7 Å². The Morgan fingerprint density at radius 3 is 2.33 bits per heavy atom. The molecule has 0 aromatic heterocycles. The molecule has 1 atom stereocenters. The lowest BCUT2D eigenvalue weighted by molar-refractivity contribution is -0.00511. The number of methoxy groups -OCH3 is 1. The van der Waals surface area contributed by atoms with Crippen LogP contribution in [0.25, 0.3) is 0 Å². The summed E-state index contributed by atoms with van der Waals surface area (Å²) in [5.74, 6) is 0.729. The molecule has 0 amide bonds. The van der Waals surface area contributed by atoms with Crippen molar-refractivity contribution in [3.63, 3.8) is 0 Å². The van der Waals surface area contributed by atoms with E-state index in [0.29, 0.717) is 6.54 Å². The molecule has 2 heteroatoms. The van der Waals surface area contributed by atoms with Crippen LogP contribution in [0.2, 0.25) is 0 Å². The molecular weight excluding hydrogens is 114 g/mol. The van der Waals surface area contributed by atoms with Crippen molar-refractivity contribution in [2.24, 2.45) is 11.7 Å². The van der Waals surface area contributed by atoms with E-state index in [9.17, 15) is 0 Å². The van der Waals surface area contributed by atoms with Crippen LogP contribution in [-0.2, 0) is 4.74 Å². The van der Waals surface area contributed by atoms with Gasteiger partial charge in [-0.15, -0.1) is 0 Å². The Bertz CT molecular complexity index is 95.1. The van der Waals surface area contributed by atoms with Crippen molar-refractivity contribution in [3.8, 4) is 0 Å². The topological polar surface area (TPSA) is 35.2 Å². The Hall–Kier alpha value is -0.0800. The van der Waals surface area contributed by atoms with Gasteiger partial charge in [0.25, 0.3) is 0 Å². The van der Waals surface area contributed by atoms with Gasteiger partial charge in [0.2, 0.25) is 0 Å². The molecule has 1 aliphatic rings. The zero-order valence-corrected chi connectivity index (χ0v) is 6.18. The third kappa shape index (κ3) is 1.25. The van der Waals surface area contributed by atoms with Gasteiger partial charge < -0.3 is 10.5 Å². The summed E-state index contributed by atoms with van der Waals surface area (Å²) in [5, 5.41) is 0. The third-order valence-electron chi connectivity index (χ3n) is 2.31. The van der Waals surface area contributed by atoms with Crippen LogP contribution in [0.3, 0.4) is 0 Å². The molecule has 0 unspecified atom stereocenters. The number of ether oxygens (including phenoxy) is 1. The Kier molecular flexibility index (Phi) is 1.78. The molecule has 0 aromatic rings. The van der Waals surface area contributed by atoms with Crippen molar-refractivity contribution < 1.29 is 4.74 Å². The van der Waals surface area contributed by atoms with Crippen molar-refractivity contribution >= 4 is 0 Å². The summed E-state index contributed by atoms with van der Waals surface area (Å²) in [4.78, 5) is 0. The van der Waals surface area contributed by atoms with E-state index in [2.05, 4.69) is 6.92 Å². The zero-order valence-electron chi connectivity index (χ0n) is 6.18. The van der Waals surface area contributed by atoms with Gasteiger partial charge >= 0.3 is 0 Å². The predicted octanol–water partition coefficient (Wildman–Crippen LogP) is 0.760. The standard InChI is InChI=1S/C7H15NO/c1-7(5-8,9-2)6-3-4-6/h6H,3-5,8H2,1-2H3/t7-/m0/s1.